The summed E-state index contributed by atoms with van der Waals surface area (Å²) < 4.78 is 16.0. The van der Waals surface area contributed by atoms with Gasteiger partial charge in [0.2, 0.25) is 11.7 Å². The smallest absolute Gasteiger partial charge is 0.321 e. The molecule has 2 amide bonds. The summed E-state index contributed by atoms with van der Waals surface area (Å²) in [5.74, 6) is 2.62. The van der Waals surface area contributed by atoms with Crippen LogP contribution in [0.1, 0.15) is 30.2 Å². The first kappa shape index (κ1) is 20.7. The van der Waals surface area contributed by atoms with E-state index in [1.54, 1.807) is 37.3 Å². The van der Waals surface area contributed by atoms with Gasteiger partial charge in [-0.15, -0.1) is 0 Å². The van der Waals surface area contributed by atoms with Crippen molar-refractivity contribution < 1.29 is 18.8 Å². The number of anilines is 1. The van der Waals surface area contributed by atoms with E-state index in [-0.39, 0.29) is 11.9 Å². The van der Waals surface area contributed by atoms with E-state index in [1.165, 1.54) is 5.56 Å². The van der Waals surface area contributed by atoms with Gasteiger partial charge < -0.3 is 24.2 Å². The van der Waals surface area contributed by atoms with Crippen LogP contribution in [0.2, 0.25) is 0 Å². The first-order valence-corrected chi connectivity index (χ1v) is 10.3. The Morgan fingerprint density at radius 3 is 2.32 bits per heavy atom. The molecule has 2 heterocycles. The van der Waals surface area contributed by atoms with Crippen molar-refractivity contribution in [1.82, 2.24) is 15.0 Å². The largest absolute Gasteiger partial charge is 0.497 e. The number of methoxy groups -OCH3 is 2. The minimum absolute atomic E-state index is 0.146. The van der Waals surface area contributed by atoms with Crippen LogP contribution < -0.4 is 14.8 Å². The summed E-state index contributed by atoms with van der Waals surface area (Å²) in [5, 5.41) is 7.05. The number of piperidine rings is 1. The molecule has 1 N–H and O–H groups in total. The number of nitrogens with one attached hydrogen (secondary N) is 1. The minimum Gasteiger partial charge on any atom is -0.497 e. The third-order valence-corrected chi connectivity index (χ3v) is 5.49. The summed E-state index contributed by atoms with van der Waals surface area (Å²) in [6.07, 6.45) is 1.54. The molecular weight excluding hydrogens is 396 g/mol. The Morgan fingerprint density at radius 1 is 1.06 bits per heavy atom. The summed E-state index contributed by atoms with van der Waals surface area (Å²) >= 11 is 0. The maximum atomic E-state index is 12.7. The van der Waals surface area contributed by atoms with Gasteiger partial charge in [0.15, 0.2) is 0 Å². The van der Waals surface area contributed by atoms with E-state index < -0.39 is 0 Å². The predicted octanol–water partition coefficient (Wildman–Crippen LogP) is 4.47. The highest BCUT2D eigenvalue weighted by Crippen LogP contribution is 2.30. The monoisotopic (exact) mass is 422 g/mol. The molecule has 8 nitrogen and oxygen atoms in total. The molecule has 3 aromatic rings. The fourth-order valence-corrected chi connectivity index (χ4v) is 3.63. The molecule has 0 radical (unpaired) electrons. The predicted molar refractivity (Wildman–Crippen MR) is 117 cm³/mol. The van der Waals surface area contributed by atoms with Crippen molar-refractivity contribution in [2.24, 2.45) is 0 Å². The molecule has 0 aliphatic carbocycles. The Kier molecular flexibility index (Phi) is 6.06. The first-order valence-electron chi connectivity index (χ1n) is 10.3. The van der Waals surface area contributed by atoms with Gasteiger partial charge in [0.05, 0.1) is 14.2 Å². The first-order chi connectivity index (χ1) is 15.1. The van der Waals surface area contributed by atoms with Crippen molar-refractivity contribution in [2.45, 2.75) is 25.7 Å². The third kappa shape index (κ3) is 4.79. The van der Waals surface area contributed by atoms with Gasteiger partial charge >= 0.3 is 6.03 Å². The van der Waals surface area contributed by atoms with E-state index in [2.05, 4.69) is 15.5 Å². The van der Waals surface area contributed by atoms with E-state index in [1.807, 2.05) is 31.2 Å². The molecule has 0 spiro atoms. The number of aromatic nitrogens is 2. The summed E-state index contributed by atoms with van der Waals surface area (Å²) in [6.45, 7) is 3.26. The average molecular weight is 422 g/mol. The number of carbonyl (C=O) groups is 1. The molecule has 1 aliphatic rings. The van der Waals surface area contributed by atoms with E-state index in [9.17, 15) is 4.79 Å². The molecular formula is C23H26N4O4. The number of hydrogen-bond acceptors (Lipinski definition) is 6. The number of urea groups is 1. The number of carbonyl (C=O) groups excluding carboxylic acids is 1. The van der Waals surface area contributed by atoms with Crippen LogP contribution in [-0.2, 0) is 0 Å². The number of ether oxygens (including phenoxy) is 2. The van der Waals surface area contributed by atoms with Gasteiger partial charge in [-0.05, 0) is 19.8 Å². The summed E-state index contributed by atoms with van der Waals surface area (Å²) in [5.41, 5.74) is 2.75. The van der Waals surface area contributed by atoms with Crippen LogP contribution in [0.3, 0.4) is 0 Å². The van der Waals surface area contributed by atoms with Crippen molar-refractivity contribution in [1.29, 1.82) is 0 Å². The normalized spacial score (nSPS) is 14.4. The highest BCUT2D eigenvalue weighted by atomic mass is 16.5. The van der Waals surface area contributed by atoms with Crippen molar-refractivity contribution in [3.05, 3.63) is 53.9 Å². The second kappa shape index (κ2) is 9.07. The Morgan fingerprint density at radius 2 is 1.71 bits per heavy atom. The lowest BCUT2D eigenvalue weighted by molar-refractivity contribution is 0.187. The molecule has 1 aliphatic heterocycles. The van der Waals surface area contributed by atoms with Crippen LogP contribution in [0.4, 0.5) is 10.5 Å². The number of nitrogens with zero attached hydrogens (tertiary/aromatic N) is 3. The molecule has 4 rings (SSSR count). The van der Waals surface area contributed by atoms with E-state index in [0.717, 1.165) is 18.4 Å². The molecule has 1 aromatic heterocycles. The Hall–Kier alpha value is -3.55. The second-order valence-corrected chi connectivity index (χ2v) is 7.62. The minimum atomic E-state index is -0.153. The van der Waals surface area contributed by atoms with Gasteiger partial charge in [0, 0.05) is 48.5 Å². The van der Waals surface area contributed by atoms with Crippen LogP contribution >= 0.6 is 0 Å². The standard InChI is InChI=1S/C23H26N4O4/c1-15-4-6-16(7-5-15)21-25-22(31-26-21)17-8-10-27(11-9-17)23(28)24-18-12-19(29-2)14-20(13-18)30-3/h4-7,12-14,17H,8-11H2,1-3H3,(H,24,28). The number of amides is 2. The molecule has 0 saturated carbocycles. The maximum Gasteiger partial charge on any atom is 0.321 e. The highest BCUT2D eigenvalue weighted by Gasteiger charge is 2.28. The van der Waals surface area contributed by atoms with Crippen LogP contribution in [0.25, 0.3) is 11.4 Å². The van der Waals surface area contributed by atoms with E-state index in [0.29, 0.717) is 42.0 Å². The molecule has 162 valence electrons. The lowest BCUT2D eigenvalue weighted by atomic mass is 9.97. The molecule has 31 heavy (non-hydrogen) atoms. The van der Waals surface area contributed by atoms with Crippen LogP contribution in [0.15, 0.2) is 47.0 Å². The molecule has 0 bridgehead atoms. The Balaban J connectivity index is 1.35. The second-order valence-electron chi connectivity index (χ2n) is 7.62. The lowest BCUT2D eigenvalue weighted by Crippen LogP contribution is -2.40. The summed E-state index contributed by atoms with van der Waals surface area (Å²) in [4.78, 5) is 19.1. The summed E-state index contributed by atoms with van der Waals surface area (Å²) in [7, 11) is 3.15. The fourth-order valence-electron chi connectivity index (χ4n) is 3.63. The van der Waals surface area contributed by atoms with Gasteiger partial charge in [-0.25, -0.2) is 4.79 Å². The molecule has 8 heteroatoms. The van der Waals surface area contributed by atoms with Crippen LogP contribution in [0.5, 0.6) is 11.5 Å². The van der Waals surface area contributed by atoms with Gasteiger partial charge in [0.25, 0.3) is 0 Å². The van der Waals surface area contributed by atoms with Gasteiger partial charge in [-0.3, -0.25) is 0 Å². The van der Waals surface area contributed by atoms with Crippen molar-refractivity contribution in [2.75, 3.05) is 32.6 Å². The molecule has 1 saturated heterocycles. The number of rotatable bonds is 5. The molecule has 1 fully saturated rings. The topological polar surface area (TPSA) is 89.7 Å². The lowest BCUT2D eigenvalue weighted by Gasteiger charge is -2.30. The number of likely N-dealkylation sites (tertiary alicyclic amines) is 1. The zero-order valence-corrected chi connectivity index (χ0v) is 17.9. The van der Waals surface area contributed by atoms with Crippen molar-refractivity contribution in [3.63, 3.8) is 0 Å². The van der Waals surface area contributed by atoms with Crippen molar-refractivity contribution >= 4 is 11.7 Å². The Labute approximate surface area is 181 Å². The number of aryl methyl sites for hydroxylation is 1. The Bertz CT molecular complexity index is 1020. The maximum absolute atomic E-state index is 12.7. The van der Waals surface area contributed by atoms with Gasteiger partial charge in [-0.2, -0.15) is 4.98 Å². The quantitative estimate of drug-likeness (QED) is 0.652. The van der Waals surface area contributed by atoms with Crippen LogP contribution in [-0.4, -0.2) is 48.4 Å². The zero-order chi connectivity index (χ0) is 21.8. The van der Waals surface area contributed by atoms with Gasteiger partial charge in [-0.1, -0.05) is 35.0 Å². The van der Waals surface area contributed by atoms with Gasteiger partial charge in [0.1, 0.15) is 11.5 Å². The van der Waals surface area contributed by atoms with E-state index in [4.69, 9.17) is 14.0 Å². The highest BCUT2D eigenvalue weighted by molar-refractivity contribution is 5.90. The zero-order valence-electron chi connectivity index (χ0n) is 17.9. The molecule has 2 aromatic carbocycles. The molecule has 0 unspecified atom stereocenters. The fraction of sp³-hybridized carbons (Fsp3) is 0.348. The average Bonchev–Trinajstić information content (AvgIpc) is 3.29. The van der Waals surface area contributed by atoms with Crippen molar-refractivity contribution in [3.8, 4) is 22.9 Å². The molecule has 0 atom stereocenters. The SMILES string of the molecule is COc1cc(NC(=O)N2CCC(c3nc(-c4ccc(C)cc4)no3)CC2)cc(OC)c1. The van der Waals surface area contributed by atoms with E-state index >= 15 is 0 Å². The number of benzene rings is 2. The third-order valence-electron chi connectivity index (χ3n) is 5.49. The summed E-state index contributed by atoms with van der Waals surface area (Å²) in [6, 6.07) is 13.2. The number of hydrogen-bond donors (Lipinski definition) is 1. The van der Waals surface area contributed by atoms with Crippen LogP contribution in [0, 0.1) is 6.92 Å².